The zero-order valence-electron chi connectivity index (χ0n) is 20.8. The summed E-state index contributed by atoms with van der Waals surface area (Å²) in [6.45, 7) is 2.01. The number of pyridine rings is 1. The zero-order valence-corrected chi connectivity index (χ0v) is 20.8. The number of hydrogen-bond donors (Lipinski definition) is 2. The quantitative estimate of drug-likeness (QED) is 0.355. The van der Waals surface area contributed by atoms with Crippen molar-refractivity contribution in [3.63, 3.8) is 0 Å². The fraction of sp³-hybridized carbons (Fsp3) is 0.154. The van der Waals surface area contributed by atoms with E-state index in [1.165, 1.54) is 37.4 Å². The highest BCUT2D eigenvalue weighted by Crippen LogP contribution is 2.35. The first-order valence-electron chi connectivity index (χ1n) is 11.9. The van der Waals surface area contributed by atoms with E-state index in [0.29, 0.717) is 33.9 Å². The van der Waals surface area contributed by atoms with Crippen LogP contribution in [0.2, 0.25) is 0 Å². The predicted octanol–water partition coefficient (Wildman–Crippen LogP) is 3.00. The topological polar surface area (TPSA) is 138 Å². The van der Waals surface area contributed by atoms with E-state index < -0.39 is 23.2 Å². The molecule has 6 rings (SSSR count). The van der Waals surface area contributed by atoms with Crippen molar-refractivity contribution in [2.75, 3.05) is 19.1 Å². The number of methoxy groups -OCH3 is 1. The molecule has 0 aliphatic carbocycles. The third-order valence-corrected chi connectivity index (χ3v) is 6.44. The van der Waals surface area contributed by atoms with Gasteiger partial charge in [-0.25, -0.2) is 33.4 Å². The standard InChI is InChI=1S/C26H21F2N9O2/c1-13(37-24-20(23(29)32-12-33-24)22(35-37)15-9-30-26(39-2)31-10-15)21-19(14-4-3-5-16(27)8-14)25(38)36-11-17(28)6-7-18(36)34-21/h3-11,13,33H,12H2,1-2H3,(H2,29,32). The van der Waals surface area contributed by atoms with E-state index in [1.54, 1.807) is 30.1 Å². The second-order valence-corrected chi connectivity index (χ2v) is 8.79. The lowest BCUT2D eigenvalue weighted by Crippen LogP contribution is -2.26. The molecule has 4 aromatic heterocycles. The first kappa shape index (κ1) is 24.2. The maximum absolute atomic E-state index is 14.3. The Balaban J connectivity index is 1.60. The van der Waals surface area contributed by atoms with Gasteiger partial charge in [-0.3, -0.25) is 9.20 Å². The largest absolute Gasteiger partial charge is 0.467 e. The normalized spacial score (nSPS) is 13.5. The molecular formula is C26H21F2N9O2. The Kier molecular flexibility index (Phi) is 5.74. The number of fused-ring (bicyclic) bond motifs is 2. The Bertz CT molecular complexity index is 1830. The van der Waals surface area contributed by atoms with Gasteiger partial charge in [0.25, 0.3) is 5.56 Å². The highest BCUT2D eigenvalue weighted by atomic mass is 19.1. The molecule has 0 spiro atoms. The number of aromatic nitrogens is 6. The number of benzene rings is 1. The van der Waals surface area contributed by atoms with Gasteiger partial charge in [-0.15, -0.1) is 0 Å². The monoisotopic (exact) mass is 529 g/mol. The van der Waals surface area contributed by atoms with Gasteiger partial charge in [0.2, 0.25) is 0 Å². The van der Waals surface area contributed by atoms with Gasteiger partial charge in [0.1, 0.15) is 41.3 Å². The molecule has 1 aromatic carbocycles. The average Bonchev–Trinajstić information content (AvgIpc) is 3.34. The first-order valence-corrected chi connectivity index (χ1v) is 11.9. The van der Waals surface area contributed by atoms with Gasteiger partial charge in [0, 0.05) is 24.2 Å². The Morgan fingerprint density at radius 1 is 1.08 bits per heavy atom. The molecule has 1 aliphatic rings. The maximum atomic E-state index is 14.3. The number of amidine groups is 1. The minimum atomic E-state index is -0.661. The maximum Gasteiger partial charge on any atom is 0.316 e. The number of anilines is 1. The molecule has 1 atom stereocenters. The Hall–Kier alpha value is -5.20. The Morgan fingerprint density at radius 2 is 1.87 bits per heavy atom. The molecule has 196 valence electrons. The van der Waals surface area contributed by atoms with Crippen LogP contribution >= 0.6 is 0 Å². The summed E-state index contributed by atoms with van der Waals surface area (Å²) in [6.07, 6.45) is 4.16. The number of hydrogen-bond acceptors (Lipinski definition) is 9. The van der Waals surface area contributed by atoms with E-state index in [1.807, 2.05) is 0 Å². The van der Waals surface area contributed by atoms with E-state index in [2.05, 4.69) is 20.3 Å². The summed E-state index contributed by atoms with van der Waals surface area (Å²) in [5.74, 6) is -0.324. The number of ether oxygens (including phenoxy) is 1. The summed E-state index contributed by atoms with van der Waals surface area (Å²) in [6, 6.07) is 7.76. The number of nitrogens with zero attached hydrogens (tertiary/aromatic N) is 7. The smallest absolute Gasteiger partial charge is 0.316 e. The molecular weight excluding hydrogens is 508 g/mol. The van der Waals surface area contributed by atoms with Crippen molar-refractivity contribution >= 4 is 17.3 Å². The lowest BCUT2D eigenvalue weighted by Gasteiger charge is -2.21. The molecule has 3 N–H and O–H groups in total. The average molecular weight is 530 g/mol. The van der Waals surface area contributed by atoms with Crippen LogP contribution < -0.4 is 21.3 Å². The molecule has 0 amide bonds. The highest BCUT2D eigenvalue weighted by Gasteiger charge is 2.30. The molecule has 5 aromatic rings. The lowest BCUT2D eigenvalue weighted by atomic mass is 10.0. The Morgan fingerprint density at radius 3 is 2.62 bits per heavy atom. The van der Waals surface area contributed by atoms with E-state index in [-0.39, 0.29) is 29.7 Å². The lowest BCUT2D eigenvalue weighted by molar-refractivity contribution is 0.380. The van der Waals surface area contributed by atoms with Crippen molar-refractivity contribution < 1.29 is 13.5 Å². The minimum absolute atomic E-state index is 0.112. The molecule has 0 radical (unpaired) electrons. The molecule has 1 aliphatic heterocycles. The summed E-state index contributed by atoms with van der Waals surface area (Å²) >= 11 is 0. The number of aliphatic imine (C=N–C) groups is 1. The van der Waals surface area contributed by atoms with Crippen LogP contribution in [0.1, 0.15) is 24.2 Å². The van der Waals surface area contributed by atoms with Gasteiger partial charge in [-0.2, -0.15) is 5.10 Å². The van der Waals surface area contributed by atoms with Crippen molar-refractivity contribution in [3.8, 4) is 28.4 Å². The van der Waals surface area contributed by atoms with Crippen LogP contribution in [0.25, 0.3) is 28.0 Å². The van der Waals surface area contributed by atoms with E-state index >= 15 is 0 Å². The predicted molar refractivity (Wildman–Crippen MR) is 140 cm³/mol. The summed E-state index contributed by atoms with van der Waals surface area (Å²) in [4.78, 5) is 31.0. The molecule has 0 fully saturated rings. The third kappa shape index (κ3) is 4.04. The number of halogens is 2. The molecule has 1 unspecified atom stereocenters. The van der Waals surface area contributed by atoms with Gasteiger partial charge in [-0.1, -0.05) is 12.1 Å². The summed E-state index contributed by atoms with van der Waals surface area (Å²) < 4.78 is 36.1. The van der Waals surface area contributed by atoms with Crippen LogP contribution in [-0.2, 0) is 0 Å². The summed E-state index contributed by atoms with van der Waals surface area (Å²) in [5, 5.41) is 8.01. The molecule has 39 heavy (non-hydrogen) atoms. The molecule has 11 nitrogen and oxygen atoms in total. The van der Waals surface area contributed by atoms with Crippen LogP contribution in [0.3, 0.4) is 0 Å². The second kappa shape index (κ2) is 9.28. The molecule has 0 saturated carbocycles. The molecule has 0 bridgehead atoms. The van der Waals surface area contributed by atoms with Gasteiger partial charge in [0.05, 0.1) is 30.0 Å². The molecule has 13 heteroatoms. The van der Waals surface area contributed by atoms with E-state index in [4.69, 9.17) is 20.6 Å². The molecule has 0 saturated heterocycles. The number of nitrogens with one attached hydrogen (secondary N) is 1. The Labute approximate surface area is 219 Å². The summed E-state index contributed by atoms with van der Waals surface area (Å²) in [7, 11) is 1.46. The van der Waals surface area contributed by atoms with Crippen LogP contribution in [0.15, 0.2) is 64.8 Å². The van der Waals surface area contributed by atoms with Crippen LogP contribution in [-0.4, -0.2) is 48.7 Å². The van der Waals surface area contributed by atoms with Crippen molar-refractivity contribution in [3.05, 3.63) is 88.2 Å². The second-order valence-electron chi connectivity index (χ2n) is 8.79. The van der Waals surface area contributed by atoms with Crippen molar-refractivity contribution in [1.29, 1.82) is 0 Å². The van der Waals surface area contributed by atoms with Gasteiger partial charge >= 0.3 is 6.01 Å². The fourth-order valence-corrected chi connectivity index (χ4v) is 4.61. The SMILES string of the molecule is COc1ncc(-c2nn(C(C)c3nc4ccc(F)cn4c(=O)c3-c3cccc(F)c3)c3c2C(N)=NCN3)cn1. The van der Waals surface area contributed by atoms with Crippen LogP contribution in [0.4, 0.5) is 14.6 Å². The van der Waals surface area contributed by atoms with Gasteiger partial charge in [-0.05, 0) is 36.8 Å². The van der Waals surface area contributed by atoms with Crippen molar-refractivity contribution in [1.82, 2.24) is 29.1 Å². The number of rotatable bonds is 5. The minimum Gasteiger partial charge on any atom is -0.467 e. The van der Waals surface area contributed by atoms with Crippen LogP contribution in [0, 0.1) is 11.6 Å². The fourth-order valence-electron chi connectivity index (χ4n) is 4.61. The first-order chi connectivity index (χ1) is 18.9. The highest BCUT2D eigenvalue weighted by molar-refractivity contribution is 6.08. The van der Waals surface area contributed by atoms with E-state index in [9.17, 15) is 13.6 Å². The third-order valence-electron chi connectivity index (χ3n) is 6.44. The molecule has 5 heterocycles. The summed E-state index contributed by atoms with van der Waals surface area (Å²) in [5.41, 5.74) is 8.24. The zero-order chi connectivity index (χ0) is 27.3. The van der Waals surface area contributed by atoms with Gasteiger partial charge < -0.3 is 15.8 Å². The van der Waals surface area contributed by atoms with Crippen molar-refractivity contribution in [2.45, 2.75) is 13.0 Å². The van der Waals surface area contributed by atoms with E-state index in [0.717, 1.165) is 10.6 Å². The van der Waals surface area contributed by atoms with Crippen LogP contribution in [0.5, 0.6) is 6.01 Å². The van der Waals surface area contributed by atoms with Crippen molar-refractivity contribution in [2.24, 2.45) is 10.7 Å². The van der Waals surface area contributed by atoms with Gasteiger partial charge in [0.15, 0.2) is 0 Å². The number of nitrogens with two attached hydrogens (primary N) is 1.